The van der Waals surface area contributed by atoms with E-state index < -0.39 is 17.8 Å². The first kappa shape index (κ1) is 38.5. The molecular weight excluding hydrogens is 667 g/mol. The third-order valence-corrected chi connectivity index (χ3v) is 16.7. The fourth-order valence-electron chi connectivity index (χ4n) is 12.5. The highest BCUT2D eigenvalue weighted by molar-refractivity contribution is 5.57. The molecule has 2 bridgehead atoms. The Morgan fingerprint density at radius 3 is 2.45 bits per heavy atom. The molecule has 0 radical (unpaired) electrons. The van der Waals surface area contributed by atoms with E-state index in [1.807, 2.05) is 12.1 Å². The molecule has 0 amide bonds. The Hall–Kier alpha value is -2.82. The molecule has 3 heterocycles. The van der Waals surface area contributed by atoms with E-state index in [2.05, 4.69) is 85.0 Å². The number of aromatic nitrogens is 4. The van der Waals surface area contributed by atoms with Crippen LogP contribution in [0.25, 0.3) is 11.4 Å². The average Bonchev–Trinajstić information content (AvgIpc) is 3.60. The number of hydrogen-bond acceptors (Lipinski definition) is 8. The Morgan fingerprint density at radius 2 is 1.79 bits per heavy atom. The Balaban J connectivity index is 1.35. The van der Waals surface area contributed by atoms with Crippen molar-refractivity contribution < 1.29 is 24.1 Å². The molecule has 2 aromatic rings. The second-order valence-electron chi connectivity index (χ2n) is 19.8. The summed E-state index contributed by atoms with van der Waals surface area (Å²) in [5.41, 5.74) is 7.54. The number of carboxylic acid groups (broad SMARTS) is 1. The Morgan fingerprint density at radius 1 is 1.08 bits per heavy atom. The van der Waals surface area contributed by atoms with Gasteiger partial charge in [-0.15, -0.1) is 0 Å². The predicted molar refractivity (Wildman–Crippen MR) is 205 cm³/mol. The van der Waals surface area contributed by atoms with Gasteiger partial charge < -0.3 is 25.1 Å². The second-order valence-corrected chi connectivity index (χ2v) is 19.8. The first-order valence-electron chi connectivity index (χ1n) is 20.2. The summed E-state index contributed by atoms with van der Waals surface area (Å²) in [6, 6.07) is 3.88. The molecule has 1 aliphatic heterocycles. The van der Waals surface area contributed by atoms with Crippen LogP contribution < -0.4 is 5.73 Å². The zero-order chi connectivity index (χ0) is 38.4. The van der Waals surface area contributed by atoms with Crippen LogP contribution in [0.15, 0.2) is 42.5 Å². The molecule has 4 fully saturated rings. The van der Waals surface area contributed by atoms with Crippen molar-refractivity contribution in [2.45, 2.75) is 132 Å². The third-order valence-electron chi connectivity index (χ3n) is 16.7. The van der Waals surface area contributed by atoms with E-state index in [-0.39, 0.29) is 51.1 Å². The SMILES string of the molecule is CC(C)[C@@H](C)[C@@]1(C)CC[C@]2(C)[C@H]3CC[C@@H]4[C@@]5(COC[C@@]4(C)[C@@H](OC[C@](C)(N)C(C)C)[C@H](n4ncnc4-c4ccncc4)C5)C3=CC[C@]2(C)[C@@H]1OC(=O)O. The highest BCUT2D eigenvalue weighted by Gasteiger charge is 2.72. The normalized spacial score (nSPS) is 41.1. The second kappa shape index (κ2) is 13.1. The van der Waals surface area contributed by atoms with Gasteiger partial charge in [0.2, 0.25) is 0 Å². The van der Waals surface area contributed by atoms with Crippen molar-refractivity contribution in [3.05, 3.63) is 42.5 Å². The van der Waals surface area contributed by atoms with Gasteiger partial charge in [-0.05, 0) is 92.6 Å². The van der Waals surface area contributed by atoms with E-state index in [9.17, 15) is 9.90 Å². The minimum atomic E-state index is -1.17. The van der Waals surface area contributed by atoms with Crippen LogP contribution in [0.1, 0.15) is 114 Å². The van der Waals surface area contributed by atoms with Gasteiger partial charge in [0.05, 0.1) is 32.0 Å². The predicted octanol–water partition coefficient (Wildman–Crippen LogP) is 8.59. The molecule has 0 spiro atoms. The molecule has 3 saturated carbocycles. The van der Waals surface area contributed by atoms with Crippen LogP contribution in [-0.2, 0) is 14.2 Å². The zero-order valence-corrected chi connectivity index (χ0v) is 33.9. The summed E-state index contributed by atoms with van der Waals surface area (Å²) in [5.74, 6) is 2.40. The topological polar surface area (TPSA) is 135 Å². The number of nitrogens with zero attached hydrogens (tertiary/aromatic N) is 4. The average molecular weight is 732 g/mol. The molecule has 53 heavy (non-hydrogen) atoms. The first-order valence-corrected chi connectivity index (χ1v) is 20.2. The van der Waals surface area contributed by atoms with Crippen LogP contribution in [0.2, 0.25) is 0 Å². The first-order chi connectivity index (χ1) is 24.9. The van der Waals surface area contributed by atoms with Gasteiger partial charge in [-0.2, -0.15) is 5.10 Å². The van der Waals surface area contributed by atoms with Gasteiger partial charge in [0.25, 0.3) is 0 Å². The molecule has 4 aliphatic carbocycles. The minimum Gasteiger partial charge on any atom is -0.450 e. The summed E-state index contributed by atoms with van der Waals surface area (Å²) in [5, 5.41) is 15.2. The van der Waals surface area contributed by atoms with Crippen molar-refractivity contribution in [2.24, 2.45) is 62.4 Å². The van der Waals surface area contributed by atoms with E-state index in [1.54, 1.807) is 18.7 Å². The molecule has 2 aromatic heterocycles. The standard InChI is InChI=1S/C43H65N5O5/c1-26(2)28(5)38(6)17-18-40(8)30-11-12-33-39(7)22-51-24-43(33,31(30)13-16-41(40,9)36(38)53-37(49)50)21-32(34(39)52-23-42(10,44)27(3)4)48-35(46-25-47-48)29-14-19-45-20-15-29/h13-15,19-20,25-28,30,32-34,36H,11-12,16-18,21-24,44H2,1-10H3,(H,49,50)/t28-,30+,32-,33+,34+,36-,38-,39-,40-,41-,42+,43+/m1/s1. The van der Waals surface area contributed by atoms with Crippen LogP contribution in [0.4, 0.5) is 4.79 Å². The maximum Gasteiger partial charge on any atom is 0.506 e. The number of ether oxygens (including phenoxy) is 3. The summed E-state index contributed by atoms with van der Waals surface area (Å²) >= 11 is 0. The van der Waals surface area contributed by atoms with Crippen molar-refractivity contribution in [1.29, 1.82) is 0 Å². The fourth-order valence-corrected chi connectivity index (χ4v) is 12.5. The van der Waals surface area contributed by atoms with Crippen LogP contribution in [0.5, 0.6) is 0 Å². The number of pyridine rings is 1. The number of hydrogen-bond donors (Lipinski definition) is 2. The molecule has 292 valence electrons. The molecule has 0 unspecified atom stereocenters. The number of carbonyl (C=O) groups is 1. The molecule has 3 N–H and O–H groups in total. The van der Waals surface area contributed by atoms with Crippen LogP contribution in [0, 0.1) is 56.7 Å². The van der Waals surface area contributed by atoms with Crippen molar-refractivity contribution in [1.82, 2.24) is 19.7 Å². The molecule has 10 heteroatoms. The van der Waals surface area contributed by atoms with E-state index in [1.165, 1.54) is 5.57 Å². The molecule has 0 aromatic carbocycles. The van der Waals surface area contributed by atoms with E-state index >= 15 is 0 Å². The summed E-state index contributed by atoms with van der Waals surface area (Å²) in [4.78, 5) is 21.6. The Kier molecular flexibility index (Phi) is 9.54. The highest BCUT2D eigenvalue weighted by atomic mass is 16.7. The number of fused-ring (bicyclic) bond motifs is 3. The van der Waals surface area contributed by atoms with Crippen molar-refractivity contribution in [2.75, 3.05) is 19.8 Å². The highest BCUT2D eigenvalue weighted by Crippen LogP contribution is 2.74. The lowest BCUT2D eigenvalue weighted by Crippen LogP contribution is -2.70. The van der Waals surface area contributed by atoms with Gasteiger partial charge >= 0.3 is 6.16 Å². The van der Waals surface area contributed by atoms with E-state index in [4.69, 9.17) is 30.0 Å². The minimum absolute atomic E-state index is 0.112. The van der Waals surface area contributed by atoms with Gasteiger partial charge in [0.1, 0.15) is 12.4 Å². The molecule has 7 rings (SSSR count). The third kappa shape index (κ3) is 5.65. The van der Waals surface area contributed by atoms with Crippen molar-refractivity contribution in [3.63, 3.8) is 0 Å². The Bertz CT molecular complexity index is 1710. The monoisotopic (exact) mass is 731 g/mol. The molecule has 5 aliphatic rings. The molecule has 10 nitrogen and oxygen atoms in total. The van der Waals surface area contributed by atoms with Gasteiger partial charge in [0.15, 0.2) is 5.82 Å². The Labute approximate surface area is 317 Å². The molecular formula is C43H65N5O5. The van der Waals surface area contributed by atoms with Crippen LogP contribution in [0.3, 0.4) is 0 Å². The largest absolute Gasteiger partial charge is 0.506 e. The van der Waals surface area contributed by atoms with Gasteiger partial charge in [0, 0.05) is 45.2 Å². The van der Waals surface area contributed by atoms with Crippen molar-refractivity contribution >= 4 is 6.16 Å². The lowest BCUT2D eigenvalue weighted by molar-refractivity contribution is -0.256. The maximum atomic E-state index is 12.5. The van der Waals surface area contributed by atoms with E-state index in [0.717, 1.165) is 49.9 Å². The van der Waals surface area contributed by atoms with Gasteiger partial charge in [-0.1, -0.05) is 74.0 Å². The lowest BCUT2D eigenvalue weighted by Gasteiger charge is -2.71. The van der Waals surface area contributed by atoms with Crippen LogP contribution >= 0.6 is 0 Å². The van der Waals surface area contributed by atoms with Gasteiger partial charge in [-0.25, -0.2) is 14.5 Å². The maximum absolute atomic E-state index is 12.5. The summed E-state index contributed by atoms with van der Waals surface area (Å²) in [7, 11) is 0. The van der Waals surface area contributed by atoms with Gasteiger partial charge in [-0.3, -0.25) is 4.98 Å². The van der Waals surface area contributed by atoms with Crippen molar-refractivity contribution in [3.8, 4) is 11.4 Å². The zero-order valence-electron chi connectivity index (χ0n) is 33.9. The number of nitrogens with two attached hydrogens (primary N) is 1. The molecule has 12 atom stereocenters. The summed E-state index contributed by atoms with van der Waals surface area (Å²) in [6.07, 6.45) is 11.7. The van der Waals surface area contributed by atoms with E-state index in [0.29, 0.717) is 37.6 Å². The number of allylic oxidation sites excluding steroid dienone is 1. The smallest absolute Gasteiger partial charge is 0.450 e. The fraction of sp³-hybridized carbons (Fsp3) is 0.767. The summed E-state index contributed by atoms with van der Waals surface area (Å²) < 4.78 is 22.2. The molecule has 1 saturated heterocycles. The lowest BCUT2D eigenvalue weighted by atomic mass is 9.35. The number of rotatable bonds is 9. The van der Waals surface area contributed by atoms with Crippen LogP contribution in [-0.4, -0.2) is 68.6 Å². The summed E-state index contributed by atoms with van der Waals surface area (Å²) in [6.45, 7) is 24.4. The quantitative estimate of drug-likeness (QED) is 0.192.